The largest absolute Gasteiger partial charge is 0.350 e. The van der Waals surface area contributed by atoms with E-state index in [2.05, 4.69) is 63.9 Å². The average molecular weight is 483 g/mol. The zero-order valence-electron chi connectivity index (χ0n) is 18.0. The second kappa shape index (κ2) is 8.83. The van der Waals surface area contributed by atoms with Crippen molar-refractivity contribution < 1.29 is 0 Å². The van der Waals surface area contributed by atoms with Gasteiger partial charge in [-0.2, -0.15) is 5.10 Å². The molecular weight excluding hydrogens is 456 g/mol. The zero-order chi connectivity index (χ0) is 22.1. The molecular formula is C24H27BrN4O2. The number of nitrogens with one attached hydrogen (secondary N) is 2. The lowest BCUT2D eigenvalue weighted by Gasteiger charge is -2.25. The second-order valence-electron chi connectivity index (χ2n) is 8.64. The Morgan fingerprint density at radius 3 is 2.81 bits per heavy atom. The van der Waals surface area contributed by atoms with Crippen LogP contribution >= 0.6 is 15.9 Å². The molecule has 0 bridgehead atoms. The van der Waals surface area contributed by atoms with Gasteiger partial charge in [0, 0.05) is 27.5 Å². The average Bonchev–Trinajstić information content (AvgIpc) is 3.07. The number of rotatable bonds is 5. The second-order valence-corrected chi connectivity index (χ2v) is 9.56. The summed E-state index contributed by atoms with van der Waals surface area (Å²) < 4.78 is 1.80. The molecule has 0 spiro atoms. The van der Waals surface area contributed by atoms with E-state index in [1.54, 1.807) is 6.21 Å². The van der Waals surface area contributed by atoms with Crippen molar-refractivity contribution in [2.45, 2.75) is 46.5 Å². The Morgan fingerprint density at radius 1 is 1.26 bits per heavy atom. The first-order chi connectivity index (χ1) is 14.8. The fourth-order valence-electron chi connectivity index (χ4n) is 4.21. The van der Waals surface area contributed by atoms with Crippen LogP contribution in [0.25, 0.3) is 21.9 Å². The normalized spacial score (nSPS) is 19.3. The summed E-state index contributed by atoms with van der Waals surface area (Å²) in [5.74, 6) is 0.618. The van der Waals surface area contributed by atoms with Crippen LogP contribution in [-0.4, -0.2) is 20.9 Å². The minimum Gasteiger partial charge on any atom is -0.349 e. The highest BCUT2D eigenvalue weighted by Gasteiger charge is 2.21. The van der Waals surface area contributed by atoms with Gasteiger partial charge in [-0.1, -0.05) is 46.2 Å². The molecule has 1 aliphatic carbocycles. The van der Waals surface area contributed by atoms with Crippen LogP contribution in [0.5, 0.6) is 0 Å². The minimum atomic E-state index is -0.531. The SMILES string of the molecule is CC(C)=CCCC1=CC[C@H](/C=N\n2c(=O)[nH]c3c([nH]c4ccc(Br)cc43)c2=O)[C@H](C)C1. The van der Waals surface area contributed by atoms with Gasteiger partial charge in [0.1, 0.15) is 5.52 Å². The zero-order valence-corrected chi connectivity index (χ0v) is 19.6. The van der Waals surface area contributed by atoms with E-state index < -0.39 is 11.2 Å². The topological polar surface area (TPSA) is 83.0 Å². The van der Waals surface area contributed by atoms with E-state index in [9.17, 15) is 9.59 Å². The Labute approximate surface area is 188 Å². The number of nitrogens with zero attached hydrogens (tertiary/aromatic N) is 2. The van der Waals surface area contributed by atoms with Crippen LogP contribution in [0.2, 0.25) is 0 Å². The van der Waals surface area contributed by atoms with Crippen molar-refractivity contribution in [3.05, 3.63) is 66.8 Å². The highest BCUT2D eigenvalue weighted by molar-refractivity contribution is 9.10. The molecule has 4 rings (SSSR count). The molecule has 0 unspecified atom stereocenters. The monoisotopic (exact) mass is 482 g/mol. The number of hydrogen-bond donors (Lipinski definition) is 2. The van der Waals surface area contributed by atoms with Crippen LogP contribution in [0.4, 0.5) is 0 Å². The maximum Gasteiger partial charge on any atom is 0.350 e. The van der Waals surface area contributed by atoms with E-state index in [1.807, 2.05) is 18.2 Å². The lowest BCUT2D eigenvalue weighted by molar-refractivity contribution is 0.429. The molecule has 6 nitrogen and oxygen atoms in total. The molecule has 2 atom stereocenters. The minimum absolute atomic E-state index is 0.202. The summed E-state index contributed by atoms with van der Waals surface area (Å²) in [4.78, 5) is 31.5. The molecule has 1 aromatic carbocycles. The van der Waals surface area contributed by atoms with Crippen molar-refractivity contribution in [3.8, 4) is 0 Å². The first-order valence-electron chi connectivity index (χ1n) is 10.7. The van der Waals surface area contributed by atoms with Gasteiger partial charge in [0.15, 0.2) is 0 Å². The number of fused-ring (bicyclic) bond motifs is 3. The van der Waals surface area contributed by atoms with Gasteiger partial charge in [-0.05, 0) is 63.6 Å². The van der Waals surface area contributed by atoms with Crippen LogP contribution in [-0.2, 0) is 0 Å². The summed E-state index contributed by atoms with van der Waals surface area (Å²) >= 11 is 3.43. The standard InChI is InChI=1S/C24H27BrN4O2/c1-14(2)5-4-6-16-7-8-17(15(3)11-16)13-26-29-23(30)22-21(28-24(29)31)19-12-18(25)9-10-20(19)27-22/h5,7,9-10,12-13,15,17,27H,4,6,8,11H2,1-3H3,(H,28,31)/b26-13-/t15-,17-/m1/s1. The van der Waals surface area contributed by atoms with Gasteiger partial charge in [0.25, 0.3) is 0 Å². The third-order valence-corrected chi connectivity index (χ3v) is 6.47. The molecule has 31 heavy (non-hydrogen) atoms. The fraction of sp³-hybridized carbons (Fsp3) is 0.375. The highest BCUT2D eigenvalue weighted by atomic mass is 79.9. The Bertz CT molecular complexity index is 1340. The van der Waals surface area contributed by atoms with Crippen molar-refractivity contribution in [3.63, 3.8) is 0 Å². The number of aromatic nitrogens is 3. The van der Waals surface area contributed by atoms with Crippen molar-refractivity contribution in [2.75, 3.05) is 0 Å². The molecule has 0 fully saturated rings. The van der Waals surface area contributed by atoms with Crippen molar-refractivity contribution in [2.24, 2.45) is 16.9 Å². The van der Waals surface area contributed by atoms with E-state index >= 15 is 0 Å². The fourth-order valence-corrected chi connectivity index (χ4v) is 4.57. The van der Waals surface area contributed by atoms with E-state index in [-0.39, 0.29) is 5.92 Å². The molecule has 2 aromatic heterocycles. The summed E-state index contributed by atoms with van der Waals surface area (Å²) in [6, 6.07) is 5.64. The Hall–Kier alpha value is -2.67. The molecule has 2 N–H and O–H groups in total. The van der Waals surface area contributed by atoms with Gasteiger partial charge >= 0.3 is 11.2 Å². The first kappa shape index (κ1) is 21.6. The molecule has 2 heterocycles. The number of H-pyrrole nitrogens is 2. The predicted molar refractivity (Wildman–Crippen MR) is 131 cm³/mol. The quantitative estimate of drug-likeness (QED) is 0.372. The van der Waals surface area contributed by atoms with Gasteiger partial charge in [-0.3, -0.25) is 4.79 Å². The van der Waals surface area contributed by atoms with Gasteiger partial charge in [0.2, 0.25) is 0 Å². The maximum atomic E-state index is 13.0. The predicted octanol–water partition coefficient (Wildman–Crippen LogP) is 5.49. The molecule has 0 radical (unpaired) electrons. The summed E-state index contributed by atoms with van der Waals surface area (Å²) in [5.41, 5.74) is 3.51. The number of benzene rings is 1. The van der Waals surface area contributed by atoms with Gasteiger partial charge in [0.05, 0.1) is 5.52 Å². The first-order valence-corrected chi connectivity index (χ1v) is 11.4. The van der Waals surface area contributed by atoms with E-state index in [0.29, 0.717) is 17.0 Å². The van der Waals surface area contributed by atoms with Crippen LogP contribution in [0, 0.1) is 11.8 Å². The Kier molecular flexibility index (Phi) is 6.14. The third-order valence-electron chi connectivity index (χ3n) is 5.98. The molecule has 0 aliphatic heterocycles. The van der Waals surface area contributed by atoms with Crippen LogP contribution in [0.3, 0.4) is 0 Å². The molecule has 0 amide bonds. The van der Waals surface area contributed by atoms with Crippen LogP contribution in [0.1, 0.15) is 46.5 Å². The lowest BCUT2D eigenvalue weighted by atomic mass is 9.80. The number of hydrogen-bond acceptors (Lipinski definition) is 3. The molecule has 162 valence electrons. The van der Waals surface area contributed by atoms with Gasteiger partial charge in [-0.15, -0.1) is 4.68 Å². The maximum absolute atomic E-state index is 13.0. The van der Waals surface area contributed by atoms with E-state index in [1.165, 1.54) is 11.1 Å². The van der Waals surface area contributed by atoms with Crippen molar-refractivity contribution in [1.29, 1.82) is 0 Å². The van der Waals surface area contributed by atoms with E-state index in [4.69, 9.17) is 0 Å². The smallest absolute Gasteiger partial charge is 0.349 e. The number of aromatic amines is 2. The molecule has 3 aromatic rings. The van der Waals surface area contributed by atoms with Gasteiger partial charge in [-0.25, -0.2) is 4.79 Å². The summed E-state index contributed by atoms with van der Waals surface area (Å²) in [5, 5.41) is 5.09. The Morgan fingerprint density at radius 2 is 2.06 bits per heavy atom. The summed E-state index contributed by atoms with van der Waals surface area (Å²) in [6.45, 7) is 6.45. The summed E-state index contributed by atoms with van der Waals surface area (Å²) in [7, 11) is 0. The number of halogens is 1. The van der Waals surface area contributed by atoms with Gasteiger partial charge < -0.3 is 9.97 Å². The molecule has 7 heteroatoms. The lowest BCUT2D eigenvalue weighted by Crippen LogP contribution is -2.32. The highest BCUT2D eigenvalue weighted by Crippen LogP contribution is 2.30. The summed E-state index contributed by atoms with van der Waals surface area (Å²) in [6.07, 6.45) is 10.4. The molecule has 0 saturated carbocycles. The molecule has 0 saturated heterocycles. The van der Waals surface area contributed by atoms with Crippen molar-refractivity contribution in [1.82, 2.24) is 14.6 Å². The Balaban J connectivity index is 1.59. The van der Waals surface area contributed by atoms with Crippen LogP contribution < -0.4 is 11.2 Å². The van der Waals surface area contributed by atoms with E-state index in [0.717, 1.165) is 45.7 Å². The van der Waals surface area contributed by atoms with Crippen LogP contribution in [0.15, 0.2) is 60.7 Å². The van der Waals surface area contributed by atoms with Crippen molar-refractivity contribution >= 4 is 44.1 Å². The third kappa shape index (κ3) is 4.51. The molecule has 1 aliphatic rings. The number of allylic oxidation sites excluding steroid dienone is 4.